The highest BCUT2D eigenvalue weighted by Gasteiger charge is 2.48. The Labute approximate surface area is 202 Å². The van der Waals surface area contributed by atoms with Crippen molar-refractivity contribution in [1.82, 2.24) is 9.80 Å². The molecule has 32 heavy (non-hydrogen) atoms. The van der Waals surface area contributed by atoms with Crippen LogP contribution in [0.15, 0.2) is 42.5 Å². The molecule has 2 aliphatic rings. The summed E-state index contributed by atoms with van der Waals surface area (Å²) in [6, 6.07) is 11.9. The Morgan fingerprint density at radius 3 is 2.53 bits per heavy atom. The number of halogens is 2. The zero-order valence-corrected chi connectivity index (χ0v) is 19.8. The van der Waals surface area contributed by atoms with E-state index in [0.717, 1.165) is 18.4 Å². The number of thiocarbonyl (C=S) groups is 1. The molecule has 1 saturated heterocycles. The van der Waals surface area contributed by atoms with Crippen LogP contribution in [0.1, 0.15) is 24.8 Å². The molecule has 2 fully saturated rings. The largest absolute Gasteiger partial charge is 0.497 e. The summed E-state index contributed by atoms with van der Waals surface area (Å²) in [6.07, 6.45) is 2.47. The lowest BCUT2D eigenvalue weighted by atomic mass is 10.1. The van der Waals surface area contributed by atoms with E-state index in [1.807, 2.05) is 11.0 Å². The van der Waals surface area contributed by atoms with Crippen LogP contribution in [0.25, 0.3) is 0 Å². The Morgan fingerprint density at radius 2 is 1.91 bits per heavy atom. The molecule has 1 heterocycles. The van der Waals surface area contributed by atoms with Crippen molar-refractivity contribution < 1.29 is 14.3 Å². The Balaban J connectivity index is 1.47. The van der Waals surface area contributed by atoms with E-state index < -0.39 is 6.04 Å². The molecule has 0 aromatic heterocycles. The molecule has 1 aliphatic heterocycles. The number of nitrogens with zero attached hydrogens (tertiary/aromatic N) is 2. The molecule has 0 radical (unpaired) electrons. The number of benzene rings is 2. The lowest BCUT2D eigenvalue weighted by Gasteiger charge is -2.24. The van der Waals surface area contributed by atoms with Gasteiger partial charge in [-0.15, -0.1) is 0 Å². The number of hydrogen-bond acceptors (Lipinski definition) is 4. The summed E-state index contributed by atoms with van der Waals surface area (Å²) in [5.74, 6) is 0.347. The SMILES string of the molecule is COc1ccc(NC(=O)CC2C(=O)N(C3CC3)C(=S)N2CCc2ccc(Cl)cc2Cl)cc1. The van der Waals surface area contributed by atoms with E-state index in [-0.39, 0.29) is 24.3 Å². The topological polar surface area (TPSA) is 61.9 Å². The van der Waals surface area contributed by atoms with Crippen molar-refractivity contribution in [3.63, 3.8) is 0 Å². The van der Waals surface area contributed by atoms with Crippen LogP contribution < -0.4 is 10.1 Å². The summed E-state index contributed by atoms with van der Waals surface area (Å²) in [6.45, 7) is 0.482. The predicted molar refractivity (Wildman–Crippen MR) is 129 cm³/mol. The number of anilines is 1. The smallest absolute Gasteiger partial charge is 0.252 e. The van der Waals surface area contributed by atoms with Gasteiger partial charge in [0.15, 0.2) is 5.11 Å². The fraction of sp³-hybridized carbons (Fsp3) is 0.348. The lowest BCUT2D eigenvalue weighted by molar-refractivity contribution is -0.131. The van der Waals surface area contributed by atoms with Gasteiger partial charge in [0.25, 0.3) is 5.91 Å². The van der Waals surface area contributed by atoms with E-state index in [2.05, 4.69) is 5.32 Å². The van der Waals surface area contributed by atoms with Gasteiger partial charge in [-0.3, -0.25) is 14.5 Å². The first-order chi connectivity index (χ1) is 15.4. The molecule has 1 aliphatic carbocycles. The maximum Gasteiger partial charge on any atom is 0.252 e. The monoisotopic (exact) mass is 491 g/mol. The minimum atomic E-state index is -0.632. The number of nitrogens with one attached hydrogen (secondary N) is 1. The van der Waals surface area contributed by atoms with Crippen LogP contribution in [0.4, 0.5) is 5.69 Å². The van der Waals surface area contributed by atoms with Gasteiger partial charge in [0.05, 0.1) is 13.5 Å². The predicted octanol–water partition coefficient (Wildman–Crippen LogP) is 4.53. The minimum absolute atomic E-state index is 0.0164. The van der Waals surface area contributed by atoms with E-state index in [4.69, 9.17) is 40.2 Å². The quantitative estimate of drug-likeness (QED) is 0.549. The highest BCUT2D eigenvalue weighted by Crippen LogP contribution is 2.34. The molecular formula is C23H23Cl2N3O3S. The van der Waals surface area contributed by atoms with E-state index in [1.165, 1.54) is 0 Å². The summed E-state index contributed by atoms with van der Waals surface area (Å²) >= 11 is 18.0. The zero-order chi connectivity index (χ0) is 22.8. The van der Waals surface area contributed by atoms with E-state index in [0.29, 0.717) is 39.6 Å². The van der Waals surface area contributed by atoms with Crippen LogP contribution in [0, 0.1) is 0 Å². The van der Waals surface area contributed by atoms with E-state index >= 15 is 0 Å². The minimum Gasteiger partial charge on any atom is -0.497 e. The normalized spacial score (nSPS) is 18.3. The second-order valence-corrected chi connectivity index (χ2v) is 9.11. The van der Waals surface area contributed by atoms with Crippen molar-refractivity contribution in [1.29, 1.82) is 0 Å². The third-order valence-electron chi connectivity index (χ3n) is 5.65. The van der Waals surface area contributed by atoms with Crippen molar-refractivity contribution in [3.05, 3.63) is 58.1 Å². The molecule has 2 amide bonds. The summed E-state index contributed by atoms with van der Waals surface area (Å²) in [5, 5.41) is 4.48. The second-order valence-electron chi connectivity index (χ2n) is 7.90. The maximum atomic E-state index is 13.2. The van der Waals surface area contributed by atoms with Gasteiger partial charge in [0.1, 0.15) is 11.8 Å². The van der Waals surface area contributed by atoms with Crippen LogP contribution in [0.5, 0.6) is 5.75 Å². The highest BCUT2D eigenvalue weighted by molar-refractivity contribution is 7.80. The molecule has 1 atom stereocenters. The molecule has 1 saturated carbocycles. The van der Waals surface area contributed by atoms with Gasteiger partial charge in [-0.2, -0.15) is 0 Å². The average Bonchev–Trinajstić information content (AvgIpc) is 3.56. The number of amides is 2. The van der Waals surface area contributed by atoms with Crippen molar-refractivity contribution in [3.8, 4) is 5.75 Å². The van der Waals surface area contributed by atoms with Crippen molar-refractivity contribution in [2.75, 3.05) is 19.0 Å². The van der Waals surface area contributed by atoms with Gasteiger partial charge in [-0.1, -0.05) is 29.3 Å². The molecule has 0 spiro atoms. The molecule has 4 rings (SSSR count). The Morgan fingerprint density at radius 1 is 1.19 bits per heavy atom. The van der Waals surface area contributed by atoms with Crippen LogP contribution >= 0.6 is 35.4 Å². The Hall–Kier alpha value is -2.35. The molecule has 1 unspecified atom stereocenters. The molecule has 1 N–H and O–H groups in total. The van der Waals surface area contributed by atoms with Crippen LogP contribution in [-0.4, -0.2) is 52.5 Å². The van der Waals surface area contributed by atoms with Crippen molar-refractivity contribution in [2.45, 2.75) is 37.8 Å². The van der Waals surface area contributed by atoms with Gasteiger partial charge in [-0.25, -0.2) is 0 Å². The zero-order valence-electron chi connectivity index (χ0n) is 17.5. The number of ether oxygens (including phenoxy) is 1. The van der Waals surface area contributed by atoms with E-state index in [1.54, 1.807) is 48.4 Å². The van der Waals surface area contributed by atoms with Crippen LogP contribution in [0.3, 0.4) is 0 Å². The fourth-order valence-corrected chi connectivity index (χ4v) is 4.77. The first-order valence-electron chi connectivity index (χ1n) is 10.4. The molecule has 0 bridgehead atoms. The summed E-state index contributed by atoms with van der Waals surface area (Å²) < 4.78 is 5.14. The van der Waals surface area contributed by atoms with E-state index in [9.17, 15) is 9.59 Å². The summed E-state index contributed by atoms with van der Waals surface area (Å²) in [7, 11) is 1.58. The average molecular weight is 492 g/mol. The molecule has 168 valence electrons. The number of hydrogen-bond donors (Lipinski definition) is 1. The number of carbonyl (C=O) groups is 2. The molecule has 9 heteroatoms. The molecule has 6 nitrogen and oxygen atoms in total. The van der Waals surface area contributed by atoms with Gasteiger partial charge in [0.2, 0.25) is 5.91 Å². The Kier molecular flexibility index (Phi) is 6.88. The third kappa shape index (κ3) is 5.00. The maximum absolute atomic E-state index is 13.2. The number of carbonyl (C=O) groups excluding carboxylic acids is 2. The van der Waals surface area contributed by atoms with Crippen molar-refractivity contribution in [2.24, 2.45) is 0 Å². The first kappa shape index (κ1) is 22.8. The third-order valence-corrected chi connectivity index (χ3v) is 6.67. The highest BCUT2D eigenvalue weighted by atomic mass is 35.5. The van der Waals surface area contributed by atoms with Gasteiger partial charge in [0, 0.05) is 28.3 Å². The first-order valence-corrected chi connectivity index (χ1v) is 11.6. The lowest BCUT2D eigenvalue weighted by Crippen LogP contribution is -2.39. The van der Waals surface area contributed by atoms with Crippen LogP contribution in [-0.2, 0) is 16.0 Å². The fourth-order valence-electron chi connectivity index (χ4n) is 3.80. The number of rotatable bonds is 8. The Bertz CT molecular complexity index is 1040. The standard InChI is InChI=1S/C23H23Cl2N3O3S/c1-31-18-8-4-16(5-9-18)26-21(29)13-20-22(30)28(17-6-7-17)23(32)27(20)11-10-14-2-3-15(24)12-19(14)25/h2-5,8-9,12,17,20H,6-7,10-11,13H2,1H3,(H,26,29). The summed E-state index contributed by atoms with van der Waals surface area (Å²) in [4.78, 5) is 29.5. The van der Waals surface area contributed by atoms with Crippen LogP contribution in [0.2, 0.25) is 10.0 Å². The molecule has 2 aromatic carbocycles. The molecular weight excluding hydrogens is 469 g/mol. The van der Waals surface area contributed by atoms with Gasteiger partial charge in [-0.05, 0) is 73.4 Å². The van der Waals surface area contributed by atoms with Crippen molar-refractivity contribution >= 4 is 58.0 Å². The molecule has 2 aromatic rings. The van der Waals surface area contributed by atoms with Gasteiger partial charge < -0.3 is 15.0 Å². The second kappa shape index (κ2) is 9.65. The van der Waals surface area contributed by atoms with Gasteiger partial charge >= 0.3 is 0 Å². The number of methoxy groups -OCH3 is 1. The summed E-state index contributed by atoms with van der Waals surface area (Å²) in [5.41, 5.74) is 1.56.